The number of hydrogen-bond acceptors (Lipinski definition) is 4. The monoisotopic (exact) mass is 269 g/mol. The highest BCUT2D eigenvalue weighted by atomic mass is 32.2. The lowest BCUT2D eigenvalue weighted by Crippen LogP contribution is -2.12. The van der Waals surface area contributed by atoms with Crippen LogP contribution in [-0.2, 0) is 21.1 Å². The lowest BCUT2D eigenvalue weighted by Gasteiger charge is -2.06. The predicted octanol–water partition coefficient (Wildman–Crippen LogP) is 1.20. The van der Waals surface area contributed by atoms with E-state index in [0.29, 0.717) is 11.1 Å². The Hall–Kier alpha value is -1.43. The van der Waals surface area contributed by atoms with Crippen LogP contribution in [0, 0.1) is 12.8 Å². The maximum Gasteiger partial charge on any atom is 0.307 e. The van der Waals surface area contributed by atoms with Crippen molar-refractivity contribution >= 4 is 15.8 Å². The second-order valence-corrected chi connectivity index (χ2v) is 6.73. The van der Waals surface area contributed by atoms with E-state index in [2.05, 4.69) is 4.98 Å². The van der Waals surface area contributed by atoms with Crippen molar-refractivity contribution in [2.24, 2.45) is 5.92 Å². The summed E-state index contributed by atoms with van der Waals surface area (Å²) in [5.41, 5.74) is 1.20. The molecule has 0 amide bonds. The number of rotatable bonds is 5. The van der Waals surface area contributed by atoms with Crippen molar-refractivity contribution in [1.82, 2.24) is 4.98 Å². The average Bonchev–Trinajstić information content (AvgIpc) is 3.03. The number of carboxylic acids is 1. The normalized spacial score (nSPS) is 15.6. The number of nitrogens with zero attached hydrogens (tertiary/aromatic N) is 1. The minimum Gasteiger partial charge on any atom is -0.481 e. The zero-order valence-electron chi connectivity index (χ0n) is 10.1. The summed E-state index contributed by atoms with van der Waals surface area (Å²) in [4.78, 5) is 14.5. The fourth-order valence-corrected chi connectivity index (χ4v) is 3.45. The van der Waals surface area contributed by atoms with Gasteiger partial charge in [0.2, 0.25) is 0 Å². The summed E-state index contributed by atoms with van der Waals surface area (Å²) < 4.78 is 24.0. The maximum atomic E-state index is 12.0. The van der Waals surface area contributed by atoms with Crippen LogP contribution in [0.15, 0.2) is 17.3 Å². The number of aryl methyl sites for hydroxylation is 1. The molecule has 6 heteroatoms. The van der Waals surface area contributed by atoms with Gasteiger partial charge in [-0.15, -0.1) is 0 Å². The molecule has 0 radical (unpaired) electrons. The van der Waals surface area contributed by atoms with E-state index in [-0.39, 0.29) is 23.1 Å². The molecule has 0 atom stereocenters. The first-order chi connectivity index (χ1) is 8.38. The summed E-state index contributed by atoms with van der Waals surface area (Å²) in [6.07, 6.45) is 3.15. The quantitative estimate of drug-likeness (QED) is 0.868. The number of carbonyl (C=O) groups is 1. The standard InChI is InChI=1S/C12H15NO4S/c1-8-4-11(13-6-10(8)5-12(14)15)18(16,17)7-9-2-3-9/h4,6,9H,2-3,5,7H2,1H3,(H,14,15). The fourth-order valence-electron chi connectivity index (χ4n) is 1.76. The zero-order valence-corrected chi connectivity index (χ0v) is 10.9. The van der Waals surface area contributed by atoms with Crippen LogP contribution in [0.2, 0.25) is 0 Å². The smallest absolute Gasteiger partial charge is 0.307 e. The van der Waals surface area contributed by atoms with E-state index in [1.807, 2.05) is 0 Å². The topological polar surface area (TPSA) is 84.3 Å². The Bertz CT molecular complexity index is 576. The molecule has 18 heavy (non-hydrogen) atoms. The summed E-state index contributed by atoms with van der Waals surface area (Å²) in [7, 11) is -3.32. The number of aromatic nitrogens is 1. The number of sulfone groups is 1. The molecule has 0 aromatic carbocycles. The molecule has 98 valence electrons. The van der Waals surface area contributed by atoms with Crippen molar-refractivity contribution < 1.29 is 18.3 Å². The van der Waals surface area contributed by atoms with Gasteiger partial charge in [0.05, 0.1) is 12.2 Å². The molecule has 2 rings (SSSR count). The summed E-state index contributed by atoms with van der Waals surface area (Å²) in [5, 5.41) is 8.76. The van der Waals surface area contributed by atoms with E-state index in [4.69, 9.17) is 5.11 Å². The first kappa shape index (κ1) is 13.0. The Kier molecular flexibility index (Phi) is 3.38. The minimum atomic E-state index is -3.32. The van der Waals surface area contributed by atoms with Gasteiger partial charge in [0.25, 0.3) is 0 Å². The summed E-state index contributed by atoms with van der Waals surface area (Å²) in [6.45, 7) is 1.70. The first-order valence-electron chi connectivity index (χ1n) is 5.78. The maximum absolute atomic E-state index is 12.0. The van der Waals surface area contributed by atoms with Crippen LogP contribution in [0.4, 0.5) is 0 Å². The third kappa shape index (κ3) is 3.07. The Morgan fingerprint density at radius 1 is 1.50 bits per heavy atom. The van der Waals surface area contributed by atoms with E-state index in [1.165, 1.54) is 12.3 Å². The van der Waals surface area contributed by atoms with E-state index >= 15 is 0 Å². The molecule has 5 nitrogen and oxygen atoms in total. The Morgan fingerprint density at radius 3 is 2.67 bits per heavy atom. The van der Waals surface area contributed by atoms with Crippen LogP contribution in [0.25, 0.3) is 0 Å². The molecule has 1 aliphatic rings. The first-order valence-corrected chi connectivity index (χ1v) is 7.44. The Morgan fingerprint density at radius 2 is 2.17 bits per heavy atom. The van der Waals surface area contributed by atoms with E-state index in [1.54, 1.807) is 6.92 Å². The second-order valence-electron chi connectivity index (χ2n) is 4.74. The second kappa shape index (κ2) is 4.68. The third-order valence-electron chi connectivity index (χ3n) is 3.01. The highest BCUT2D eigenvalue weighted by Gasteiger charge is 2.30. The van der Waals surface area contributed by atoms with Crippen LogP contribution < -0.4 is 0 Å². The highest BCUT2D eigenvalue weighted by Crippen LogP contribution is 2.32. The number of hydrogen-bond donors (Lipinski definition) is 1. The van der Waals surface area contributed by atoms with Crippen molar-refractivity contribution in [2.75, 3.05) is 5.75 Å². The van der Waals surface area contributed by atoms with Gasteiger partial charge in [-0.05, 0) is 42.9 Å². The highest BCUT2D eigenvalue weighted by molar-refractivity contribution is 7.91. The van der Waals surface area contributed by atoms with Crippen molar-refractivity contribution in [2.45, 2.75) is 31.2 Å². The predicted molar refractivity (Wildman–Crippen MR) is 65.1 cm³/mol. The van der Waals surface area contributed by atoms with Crippen LogP contribution in [0.5, 0.6) is 0 Å². The molecule has 1 heterocycles. The summed E-state index contributed by atoms with van der Waals surface area (Å²) in [5.74, 6) is -0.526. The van der Waals surface area contributed by atoms with E-state index < -0.39 is 15.8 Å². The van der Waals surface area contributed by atoms with E-state index in [9.17, 15) is 13.2 Å². The Balaban J connectivity index is 2.24. The largest absolute Gasteiger partial charge is 0.481 e. The summed E-state index contributed by atoms with van der Waals surface area (Å²) >= 11 is 0. The molecule has 1 aromatic heterocycles. The van der Waals surface area contributed by atoms with Gasteiger partial charge in [-0.2, -0.15) is 0 Å². The van der Waals surface area contributed by atoms with Crippen LogP contribution in [0.1, 0.15) is 24.0 Å². The molecular weight excluding hydrogens is 254 g/mol. The number of aliphatic carboxylic acids is 1. The average molecular weight is 269 g/mol. The lowest BCUT2D eigenvalue weighted by atomic mass is 10.1. The van der Waals surface area contributed by atoms with Crippen molar-refractivity contribution in [3.8, 4) is 0 Å². The number of pyridine rings is 1. The van der Waals surface area contributed by atoms with Crippen LogP contribution in [0.3, 0.4) is 0 Å². The van der Waals surface area contributed by atoms with Gasteiger partial charge in [0.1, 0.15) is 0 Å². The minimum absolute atomic E-state index is 0.0565. The van der Waals surface area contributed by atoms with Gasteiger partial charge in [-0.3, -0.25) is 4.79 Å². The van der Waals surface area contributed by atoms with Crippen molar-refractivity contribution in [1.29, 1.82) is 0 Å². The van der Waals surface area contributed by atoms with Gasteiger partial charge < -0.3 is 5.11 Å². The molecule has 0 bridgehead atoms. The van der Waals surface area contributed by atoms with Gasteiger partial charge in [-0.25, -0.2) is 13.4 Å². The molecular formula is C12H15NO4S. The van der Waals surface area contributed by atoms with Crippen molar-refractivity contribution in [3.05, 3.63) is 23.4 Å². The van der Waals surface area contributed by atoms with E-state index in [0.717, 1.165) is 12.8 Å². The molecule has 0 saturated heterocycles. The fraction of sp³-hybridized carbons (Fsp3) is 0.500. The Labute approximate surface area is 106 Å². The zero-order chi connectivity index (χ0) is 13.3. The SMILES string of the molecule is Cc1cc(S(=O)(=O)CC2CC2)ncc1CC(=O)O. The van der Waals surface area contributed by atoms with Crippen LogP contribution >= 0.6 is 0 Å². The molecule has 1 saturated carbocycles. The van der Waals surface area contributed by atoms with Crippen molar-refractivity contribution in [3.63, 3.8) is 0 Å². The summed E-state index contributed by atoms with van der Waals surface area (Å²) in [6, 6.07) is 1.47. The molecule has 1 fully saturated rings. The lowest BCUT2D eigenvalue weighted by molar-refractivity contribution is -0.136. The molecule has 1 N–H and O–H groups in total. The molecule has 0 spiro atoms. The van der Waals surface area contributed by atoms with Gasteiger partial charge in [-0.1, -0.05) is 0 Å². The molecule has 0 aliphatic heterocycles. The van der Waals surface area contributed by atoms with Gasteiger partial charge >= 0.3 is 5.97 Å². The number of carboxylic acid groups (broad SMARTS) is 1. The van der Waals surface area contributed by atoms with Gasteiger partial charge in [0.15, 0.2) is 14.9 Å². The van der Waals surface area contributed by atoms with Gasteiger partial charge in [0, 0.05) is 6.20 Å². The third-order valence-corrected chi connectivity index (χ3v) is 4.78. The molecule has 1 aromatic rings. The van der Waals surface area contributed by atoms with Crippen LogP contribution in [-0.4, -0.2) is 30.2 Å². The molecule has 0 unspecified atom stereocenters. The molecule has 1 aliphatic carbocycles.